The molecule has 0 aliphatic carbocycles. The van der Waals surface area contributed by atoms with Crippen molar-refractivity contribution in [1.82, 2.24) is 5.32 Å². The van der Waals surface area contributed by atoms with E-state index in [1.54, 1.807) is 0 Å². The zero-order valence-corrected chi connectivity index (χ0v) is 9.85. The molecule has 1 fully saturated rings. The Bertz CT molecular complexity index is 405. The molecule has 0 radical (unpaired) electrons. The monoisotopic (exact) mass is 235 g/mol. The predicted octanol–water partition coefficient (Wildman–Crippen LogP) is 1.47. The van der Waals surface area contributed by atoms with Gasteiger partial charge in [-0.2, -0.15) is 0 Å². The molecule has 1 aliphatic rings. The van der Waals surface area contributed by atoms with Gasteiger partial charge in [0.25, 0.3) is 0 Å². The third kappa shape index (κ3) is 2.42. The van der Waals surface area contributed by atoms with Crippen LogP contribution in [0, 0.1) is 5.92 Å². The molecular weight excluding hydrogens is 218 g/mol. The van der Waals surface area contributed by atoms with Crippen LogP contribution in [0.15, 0.2) is 24.3 Å². The van der Waals surface area contributed by atoms with Gasteiger partial charge in [-0.1, -0.05) is 18.2 Å². The maximum absolute atomic E-state index is 11.2. The lowest BCUT2D eigenvalue weighted by Crippen LogP contribution is -2.21. The Hall–Kier alpha value is -1.55. The highest BCUT2D eigenvalue weighted by Gasteiger charge is 2.35. The Labute approximate surface area is 101 Å². The molecule has 1 aromatic carbocycles. The van der Waals surface area contributed by atoms with Gasteiger partial charge in [0, 0.05) is 19.0 Å². The van der Waals surface area contributed by atoms with Crippen molar-refractivity contribution in [1.29, 1.82) is 0 Å². The third-order valence-electron chi connectivity index (χ3n) is 3.15. The second kappa shape index (κ2) is 5.19. The second-order valence-electron chi connectivity index (χ2n) is 4.18. The van der Waals surface area contributed by atoms with Crippen LogP contribution in [0.1, 0.15) is 18.4 Å². The average Bonchev–Trinajstić information content (AvgIpc) is 2.79. The molecule has 17 heavy (non-hydrogen) atoms. The molecule has 0 spiro atoms. The molecule has 2 N–H and O–H groups in total. The van der Waals surface area contributed by atoms with Crippen LogP contribution in [0.3, 0.4) is 0 Å². The summed E-state index contributed by atoms with van der Waals surface area (Å²) in [6.07, 6.45) is 0. The number of carboxylic acids is 1. The smallest absolute Gasteiger partial charge is 0.308 e. The van der Waals surface area contributed by atoms with Crippen molar-refractivity contribution in [3.05, 3.63) is 29.8 Å². The minimum Gasteiger partial charge on any atom is -0.494 e. The van der Waals surface area contributed by atoms with Gasteiger partial charge < -0.3 is 15.2 Å². The Morgan fingerprint density at radius 3 is 2.94 bits per heavy atom. The summed E-state index contributed by atoms with van der Waals surface area (Å²) in [5.41, 5.74) is 0.992. The maximum atomic E-state index is 11.2. The van der Waals surface area contributed by atoms with Crippen molar-refractivity contribution in [3.8, 4) is 5.75 Å². The van der Waals surface area contributed by atoms with E-state index < -0.39 is 5.97 Å². The molecule has 92 valence electrons. The van der Waals surface area contributed by atoms with E-state index >= 15 is 0 Å². The van der Waals surface area contributed by atoms with Crippen molar-refractivity contribution >= 4 is 5.97 Å². The van der Waals surface area contributed by atoms with Gasteiger partial charge in [-0.25, -0.2) is 0 Å². The van der Waals surface area contributed by atoms with Gasteiger partial charge >= 0.3 is 5.97 Å². The Kier molecular flexibility index (Phi) is 3.64. The largest absolute Gasteiger partial charge is 0.494 e. The first-order chi connectivity index (χ1) is 8.24. The van der Waals surface area contributed by atoms with Crippen LogP contribution < -0.4 is 10.1 Å². The Morgan fingerprint density at radius 1 is 1.47 bits per heavy atom. The molecule has 0 aromatic heterocycles. The number of carboxylic acid groups (broad SMARTS) is 1. The number of hydrogen-bond acceptors (Lipinski definition) is 3. The van der Waals surface area contributed by atoms with Crippen LogP contribution in [0.25, 0.3) is 0 Å². The zero-order chi connectivity index (χ0) is 12.3. The van der Waals surface area contributed by atoms with Crippen molar-refractivity contribution < 1.29 is 14.6 Å². The molecule has 0 amide bonds. The highest BCUT2D eigenvalue weighted by molar-refractivity contribution is 5.72. The molecule has 1 heterocycles. The fourth-order valence-corrected chi connectivity index (χ4v) is 2.34. The summed E-state index contributed by atoms with van der Waals surface area (Å²) in [4.78, 5) is 11.2. The minimum atomic E-state index is -0.744. The van der Waals surface area contributed by atoms with E-state index in [1.165, 1.54) is 0 Å². The molecule has 0 saturated carbocycles. The number of benzene rings is 1. The van der Waals surface area contributed by atoms with E-state index in [4.69, 9.17) is 4.74 Å². The molecular formula is C13H17NO3. The fraction of sp³-hybridized carbons (Fsp3) is 0.462. The predicted molar refractivity (Wildman–Crippen MR) is 64.3 cm³/mol. The van der Waals surface area contributed by atoms with Crippen molar-refractivity contribution in [2.75, 3.05) is 19.7 Å². The summed E-state index contributed by atoms with van der Waals surface area (Å²) in [7, 11) is 0. The van der Waals surface area contributed by atoms with Gasteiger partial charge in [0.15, 0.2) is 0 Å². The first-order valence-corrected chi connectivity index (χ1v) is 5.89. The highest BCUT2D eigenvalue weighted by Crippen LogP contribution is 2.34. The van der Waals surface area contributed by atoms with E-state index in [-0.39, 0.29) is 11.8 Å². The van der Waals surface area contributed by atoms with Crippen LogP contribution in [-0.4, -0.2) is 30.8 Å². The fourth-order valence-electron chi connectivity index (χ4n) is 2.34. The average molecular weight is 235 g/mol. The molecule has 4 nitrogen and oxygen atoms in total. The normalized spacial score (nSPS) is 23.6. The van der Waals surface area contributed by atoms with Crippen molar-refractivity contribution in [2.45, 2.75) is 12.8 Å². The number of nitrogens with one attached hydrogen (secondary N) is 1. The molecule has 1 saturated heterocycles. The molecule has 2 rings (SSSR count). The van der Waals surface area contributed by atoms with Gasteiger partial charge in [-0.3, -0.25) is 4.79 Å². The van der Waals surface area contributed by atoms with Gasteiger partial charge in [0.05, 0.1) is 12.5 Å². The summed E-state index contributed by atoms with van der Waals surface area (Å²) in [6, 6.07) is 7.69. The standard InChI is InChI=1S/C13H17NO3/c1-2-17-12-6-4-3-5-9(12)10-7-14-8-11(10)13(15)16/h3-6,10-11,14H,2,7-8H2,1H3,(H,15,16)/t10-,11-/m1/s1. The number of hydrogen-bond donors (Lipinski definition) is 2. The number of aliphatic carboxylic acids is 1. The first kappa shape index (κ1) is 11.9. The summed E-state index contributed by atoms with van der Waals surface area (Å²) >= 11 is 0. The minimum absolute atomic E-state index is 0.00440. The van der Waals surface area contributed by atoms with Crippen molar-refractivity contribution in [3.63, 3.8) is 0 Å². The van der Waals surface area contributed by atoms with Crippen LogP contribution in [-0.2, 0) is 4.79 Å². The topological polar surface area (TPSA) is 58.6 Å². The zero-order valence-electron chi connectivity index (χ0n) is 9.85. The van der Waals surface area contributed by atoms with Crippen LogP contribution in [0.2, 0.25) is 0 Å². The highest BCUT2D eigenvalue weighted by atomic mass is 16.5. The number of para-hydroxylation sites is 1. The summed E-state index contributed by atoms with van der Waals surface area (Å²) in [5.74, 6) is -0.312. The molecule has 0 unspecified atom stereocenters. The number of ether oxygens (including phenoxy) is 1. The van der Waals surface area contributed by atoms with E-state index in [9.17, 15) is 9.90 Å². The van der Waals surface area contributed by atoms with Crippen LogP contribution >= 0.6 is 0 Å². The Morgan fingerprint density at radius 2 is 2.24 bits per heavy atom. The van der Waals surface area contributed by atoms with E-state index in [2.05, 4.69) is 5.32 Å². The number of rotatable bonds is 4. The summed E-state index contributed by atoms with van der Waals surface area (Å²) in [6.45, 7) is 3.74. The lowest BCUT2D eigenvalue weighted by Gasteiger charge is -2.18. The molecule has 2 atom stereocenters. The molecule has 0 bridgehead atoms. The van der Waals surface area contributed by atoms with E-state index in [1.807, 2.05) is 31.2 Å². The molecule has 1 aromatic rings. The first-order valence-electron chi connectivity index (χ1n) is 5.89. The van der Waals surface area contributed by atoms with E-state index in [0.717, 1.165) is 11.3 Å². The van der Waals surface area contributed by atoms with Gasteiger partial charge in [-0.15, -0.1) is 0 Å². The van der Waals surface area contributed by atoms with Gasteiger partial charge in [0.1, 0.15) is 5.75 Å². The SMILES string of the molecule is CCOc1ccccc1[C@H]1CNC[C@H]1C(=O)O. The molecule has 1 aliphatic heterocycles. The van der Waals surface area contributed by atoms with Crippen LogP contribution in [0.4, 0.5) is 0 Å². The summed E-state index contributed by atoms with van der Waals surface area (Å²) < 4.78 is 5.56. The maximum Gasteiger partial charge on any atom is 0.308 e. The van der Waals surface area contributed by atoms with E-state index in [0.29, 0.717) is 19.7 Å². The Balaban J connectivity index is 2.29. The molecule has 4 heteroatoms. The lowest BCUT2D eigenvalue weighted by molar-refractivity contribution is -0.141. The second-order valence-corrected chi connectivity index (χ2v) is 4.18. The van der Waals surface area contributed by atoms with Gasteiger partial charge in [0.2, 0.25) is 0 Å². The third-order valence-corrected chi connectivity index (χ3v) is 3.15. The quantitative estimate of drug-likeness (QED) is 0.829. The lowest BCUT2D eigenvalue weighted by atomic mass is 9.88. The summed E-state index contributed by atoms with van der Waals surface area (Å²) in [5, 5.41) is 12.3. The number of carbonyl (C=O) groups is 1. The van der Waals surface area contributed by atoms with Gasteiger partial charge in [-0.05, 0) is 18.6 Å². The van der Waals surface area contributed by atoms with Crippen LogP contribution in [0.5, 0.6) is 5.75 Å². The van der Waals surface area contributed by atoms with Crippen molar-refractivity contribution in [2.24, 2.45) is 5.92 Å².